The average molecular weight is 402 g/mol. The van der Waals surface area contributed by atoms with Crippen molar-refractivity contribution in [3.63, 3.8) is 0 Å². The first-order valence-corrected chi connectivity index (χ1v) is 9.59. The number of fused-ring (bicyclic) bond motifs is 1. The largest absolute Gasteiger partial charge is 0.442 e. The van der Waals surface area contributed by atoms with Crippen molar-refractivity contribution >= 4 is 11.8 Å². The van der Waals surface area contributed by atoms with Gasteiger partial charge in [-0.05, 0) is 51.0 Å². The van der Waals surface area contributed by atoms with Crippen LogP contribution < -0.4 is 10.4 Å². The van der Waals surface area contributed by atoms with Gasteiger partial charge in [0.25, 0.3) is 0 Å². The topological polar surface area (TPSA) is 82.0 Å². The number of rotatable bonds is 4. The Morgan fingerprint density at radius 2 is 1.93 bits per heavy atom. The molecule has 3 atom stereocenters. The van der Waals surface area contributed by atoms with Gasteiger partial charge in [0.1, 0.15) is 18.0 Å². The standard InChI is InChI=1S/C22H27FN2O4/c1-13(29-21(27)24-22(2,3)4)14-9-7-10-17(23)16(14)12-19-20(26)15-8-5-6-11-18(15)25(19)28/h5-11,13,19-20,26,28H,12H2,1-4H3,(H,24,27)/t13-,19-,20-/m1/s1. The fourth-order valence-electron chi connectivity index (χ4n) is 3.60. The second-order valence-electron chi connectivity index (χ2n) is 8.35. The highest BCUT2D eigenvalue weighted by atomic mass is 19.1. The third-order valence-corrected chi connectivity index (χ3v) is 4.95. The Balaban J connectivity index is 1.83. The van der Waals surface area contributed by atoms with Gasteiger partial charge in [-0.15, -0.1) is 0 Å². The van der Waals surface area contributed by atoms with E-state index in [1.165, 1.54) is 6.07 Å². The maximum Gasteiger partial charge on any atom is 0.408 e. The molecule has 1 aliphatic rings. The highest BCUT2D eigenvalue weighted by Crippen LogP contribution is 2.40. The van der Waals surface area contributed by atoms with Crippen molar-refractivity contribution in [2.45, 2.75) is 57.9 Å². The maximum atomic E-state index is 14.7. The van der Waals surface area contributed by atoms with Crippen molar-refractivity contribution in [2.24, 2.45) is 0 Å². The van der Waals surface area contributed by atoms with Gasteiger partial charge in [-0.25, -0.2) is 9.18 Å². The highest BCUT2D eigenvalue weighted by Gasteiger charge is 2.38. The molecular weight excluding hydrogens is 375 g/mol. The van der Waals surface area contributed by atoms with Crippen LogP contribution in [-0.2, 0) is 11.2 Å². The predicted octanol–water partition coefficient (Wildman–Crippen LogP) is 4.27. The molecule has 2 aromatic carbocycles. The number of aliphatic hydroxyl groups is 1. The van der Waals surface area contributed by atoms with E-state index < -0.39 is 35.7 Å². The summed E-state index contributed by atoms with van der Waals surface area (Å²) in [4.78, 5) is 12.1. The molecule has 29 heavy (non-hydrogen) atoms. The van der Waals surface area contributed by atoms with Gasteiger partial charge in [-0.3, -0.25) is 10.3 Å². The Morgan fingerprint density at radius 1 is 1.24 bits per heavy atom. The number of nitrogens with zero attached hydrogens (tertiary/aromatic N) is 1. The first kappa shape index (κ1) is 21.1. The Morgan fingerprint density at radius 3 is 2.59 bits per heavy atom. The van der Waals surface area contributed by atoms with Gasteiger partial charge in [-0.1, -0.05) is 30.3 Å². The monoisotopic (exact) mass is 402 g/mol. The lowest BCUT2D eigenvalue weighted by Crippen LogP contribution is -2.41. The van der Waals surface area contributed by atoms with E-state index in [4.69, 9.17) is 4.74 Å². The first-order valence-electron chi connectivity index (χ1n) is 9.59. The van der Waals surface area contributed by atoms with Gasteiger partial charge in [0.2, 0.25) is 0 Å². The number of nitrogens with one attached hydrogen (secondary N) is 1. The van der Waals surface area contributed by atoms with Crippen LogP contribution in [0.15, 0.2) is 42.5 Å². The van der Waals surface area contributed by atoms with E-state index in [1.54, 1.807) is 43.3 Å². The number of carbonyl (C=O) groups is 1. The highest BCUT2D eigenvalue weighted by molar-refractivity contribution is 5.68. The number of halogens is 1. The van der Waals surface area contributed by atoms with Crippen LogP contribution in [-0.4, -0.2) is 28.0 Å². The second kappa shape index (κ2) is 8.00. The molecule has 0 saturated heterocycles. The van der Waals surface area contributed by atoms with E-state index in [-0.39, 0.29) is 6.42 Å². The Kier molecular flexibility index (Phi) is 5.82. The maximum absolute atomic E-state index is 14.7. The first-order chi connectivity index (χ1) is 13.6. The van der Waals surface area contributed by atoms with Crippen molar-refractivity contribution in [3.8, 4) is 0 Å². The molecule has 0 aromatic heterocycles. The average Bonchev–Trinajstić information content (AvgIpc) is 2.86. The zero-order chi connectivity index (χ0) is 21.3. The predicted molar refractivity (Wildman–Crippen MR) is 107 cm³/mol. The fraction of sp³-hybridized carbons (Fsp3) is 0.409. The molecule has 3 N–H and O–H groups in total. The van der Waals surface area contributed by atoms with E-state index in [2.05, 4.69) is 5.32 Å². The van der Waals surface area contributed by atoms with E-state index in [0.29, 0.717) is 22.4 Å². The minimum absolute atomic E-state index is 0.0446. The molecule has 1 heterocycles. The summed E-state index contributed by atoms with van der Waals surface area (Å²) in [5.74, 6) is -0.481. The molecule has 0 radical (unpaired) electrons. The molecule has 6 nitrogen and oxygen atoms in total. The van der Waals surface area contributed by atoms with E-state index >= 15 is 0 Å². The third kappa shape index (κ3) is 4.52. The van der Waals surface area contributed by atoms with Crippen LogP contribution >= 0.6 is 0 Å². The lowest BCUT2D eigenvalue weighted by atomic mass is 9.94. The van der Waals surface area contributed by atoms with Gasteiger partial charge in [-0.2, -0.15) is 0 Å². The molecule has 2 aromatic rings. The third-order valence-electron chi connectivity index (χ3n) is 4.95. The molecule has 0 aliphatic carbocycles. The lowest BCUT2D eigenvalue weighted by molar-refractivity contribution is 0.0963. The Bertz CT molecular complexity index is 868. The number of hydroxylamine groups is 1. The molecule has 1 amide bonds. The quantitative estimate of drug-likeness (QED) is 0.712. The molecule has 0 spiro atoms. The van der Waals surface area contributed by atoms with E-state index in [9.17, 15) is 19.5 Å². The zero-order valence-corrected chi connectivity index (χ0v) is 17.0. The van der Waals surface area contributed by atoms with E-state index in [1.807, 2.05) is 20.8 Å². The molecule has 7 heteroatoms. The lowest BCUT2D eigenvalue weighted by Gasteiger charge is -2.26. The second-order valence-corrected chi connectivity index (χ2v) is 8.35. The summed E-state index contributed by atoms with van der Waals surface area (Å²) in [6.07, 6.45) is -2.24. The number of ether oxygens (including phenoxy) is 1. The number of carbonyl (C=O) groups excluding carboxylic acids is 1. The number of benzene rings is 2. The van der Waals surface area contributed by atoms with Crippen molar-refractivity contribution < 1.29 is 24.2 Å². The van der Waals surface area contributed by atoms with Crippen molar-refractivity contribution in [1.29, 1.82) is 0 Å². The molecule has 0 bridgehead atoms. The minimum atomic E-state index is -0.968. The summed E-state index contributed by atoms with van der Waals surface area (Å²) in [5.41, 5.74) is 1.41. The number of hydrogen-bond acceptors (Lipinski definition) is 5. The summed E-state index contributed by atoms with van der Waals surface area (Å²) in [7, 11) is 0. The number of anilines is 1. The van der Waals surface area contributed by atoms with Gasteiger partial charge in [0.05, 0.1) is 11.7 Å². The number of alkyl carbamates (subject to hydrolysis) is 1. The van der Waals surface area contributed by atoms with Crippen molar-refractivity contribution in [1.82, 2.24) is 5.32 Å². The Labute approximate surface area is 169 Å². The molecule has 1 aliphatic heterocycles. The van der Waals surface area contributed by atoms with Crippen LogP contribution in [0.1, 0.15) is 56.6 Å². The number of para-hydroxylation sites is 1. The smallest absolute Gasteiger partial charge is 0.408 e. The van der Waals surface area contributed by atoms with Gasteiger partial charge in [0.15, 0.2) is 0 Å². The minimum Gasteiger partial charge on any atom is -0.442 e. The summed E-state index contributed by atoms with van der Waals surface area (Å²) in [6.45, 7) is 7.17. The van der Waals surface area contributed by atoms with Crippen LogP contribution in [0, 0.1) is 5.82 Å². The molecule has 3 rings (SSSR count). The SMILES string of the molecule is C[C@@H](OC(=O)NC(C)(C)C)c1cccc(F)c1C[C@@H]1[C@H](O)c2ccccc2N1O. The van der Waals surface area contributed by atoms with Crippen LogP contribution in [0.5, 0.6) is 0 Å². The van der Waals surface area contributed by atoms with Gasteiger partial charge >= 0.3 is 6.09 Å². The molecule has 0 saturated carbocycles. The van der Waals surface area contributed by atoms with Gasteiger partial charge < -0.3 is 15.2 Å². The molecule has 156 valence electrons. The summed E-state index contributed by atoms with van der Waals surface area (Å²) in [6, 6.07) is 10.8. The number of aliphatic hydroxyl groups excluding tert-OH is 1. The Hall–Kier alpha value is -2.64. The van der Waals surface area contributed by atoms with Crippen LogP contribution in [0.4, 0.5) is 14.9 Å². The normalized spacial score (nSPS) is 19.6. The van der Waals surface area contributed by atoms with E-state index in [0.717, 1.165) is 5.06 Å². The van der Waals surface area contributed by atoms with Crippen LogP contribution in [0.3, 0.4) is 0 Å². The fourth-order valence-corrected chi connectivity index (χ4v) is 3.60. The van der Waals surface area contributed by atoms with Gasteiger partial charge in [0, 0.05) is 17.5 Å². The number of hydrogen-bond donors (Lipinski definition) is 3. The molecular formula is C22H27FN2O4. The zero-order valence-electron chi connectivity index (χ0n) is 17.0. The van der Waals surface area contributed by atoms with Crippen LogP contribution in [0.25, 0.3) is 0 Å². The molecule has 0 unspecified atom stereocenters. The summed E-state index contributed by atoms with van der Waals surface area (Å²) in [5, 5.41) is 24.9. The number of amides is 1. The molecule has 0 fully saturated rings. The summed E-state index contributed by atoms with van der Waals surface area (Å²) >= 11 is 0. The van der Waals surface area contributed by atoms with Crippen molar-refractivity contribution in [2.75, 3.05) is 5.06 Å². The van der Waals surface area contributed by atoms with Crippen molar-refractivity contribution in [3.05, 3.63) is 65.0 Å². The summed E-state index contributed by atoms with van der Waals surface area (Å²) < 4.78 is 20.2. The van der Waals surface area contributed by atoms with Crippen LogP contribution in [0.2, 0.25) is 0 Å².